The SMILES string of the molecule is Cc1c(N2C[C@H](C3(N)CC3)C(F)(F)C2)c(F)c(N)c2c(=O)c(C(=O)O)cn([C@@H]3C[C@@H]3F)c12.Cl. The first-order valence-corrected chi connectivity index (χ1v) is 10.3. The van der Waals surface area contributed by atoms with Crippen molar-refractivity contribution < 1.29 is 27.5 Å². The van der Waals surface area contributed by atoms with E-state index in [9.17, 15) is 27.9 Å². The second-order valence-corrected chi connectivity index (χ2v) is 9.26. The van der Waals surface area contributed by atoms with E-state index in [0.717, 1.165) is 6.20 Å². The molecule has 2 aromatic rings. The standard InChI is InChI=1S/C21H22F4N4O3.ClH/c1-8-16-13(18(30)9(19(31)32)5-29(16)11-4-10(11)22)15(26)14(23)17(8)28-6-12(20(27)2-3-20)21(24,25)7-28;/h5,10-12H,2-4,6-7,26-27H2,1H3,(H,31,32);1H/t10-,11+,12+;/m0./s1. The van der Waals surface area contributed by atoms with E-state index in [1.54, 1.807) is 0 Å². The Bertz CT molecular complexity index is 1250. The molecule has 0 amide bonds. The first-order chi connectivity index (χ1) is 14.9. The van der Waals surface area contributed by atoms with Crippen LogP contribution >= 0.6 is 12.4 Å². The van der Waals surface area contributed by atoms with Crippen molar-refractivity contribution in [2.75, 3.05) is 23.7 Å². The van der Waals surface area contributed by atoms with E-state index in [4.69, 9.17) is 11.5 Å². The van der Waals surface area contributed by atoms with Crippen LogP contribution in [0.5, 0.6) is 0 Å². The molecule has 2 saturated carbocycles. The molecule has 0 spiro atoms. The summed E-state index contributed by atoms with van der Waals surface area (Å²) in [6.45, 7) is 0.470. The van der Waals surface area contributed by atoms with Crippen molar-refractivity contribution in [2.24, 2.45) is 11.7 Å². The Morgan fingerprint density at radius 3 is 2.42 bits per heavy atom. The predicted molar refractivity (Wildman–Crippen MR) is 117 cm³/mol. The van der Waals surface area contributed by atoms with Gasteiger partial charge in [-0.05, 0) is 25.3 Å². The maximum atomic E-state index is 15.5. The molecule has 5 N–H and O–H groups in total. The number of alkyl halides is 3. The molecular weight excluding hydrogens is 468 g/mol. The van der Waals surface area contributed by atoms with Crippen LogP contribution in [-0.2, 0) is 0 Å². The summed E-state index contributed by atoms with van der Waals surface area (Å²) in [6.07, 6.45) is 0.747. The summed E-state index contributed by atoms with van der Waals surface area (Å²) in [5.74, 6) is -6.95. The molecule has 180 valence electrons. The molecule has 1 aromatic heterocycles. The summed E-state index contributed by atoms with van der Waals surface area (Å²) in [5.41, 5.74) is 8.65. The van der Waals surface area contributed by atoms with Gasteiger partial charge in [-0.15, -0.1) is 12.4 Å². The van der Waals surface area contributed by atoms with E-state index in [2.05, 4.69) is 0 Å². The van der Waals surface area contributed by atoms with Gasteiger partial charge in [0.25, 0.3) is 5.92 Å². The minimum absolute atomic E-state index is 0. The predicted octanol–water partition coefficient (Wildman–Crippen LogP) is 3.00. The van der Waals surface area contributed by atoms with E-state index in [-0.39, 0.29) is 47.5 Å². The highest BCUT2D eigenvalue weighted by Crippen LogP contribution is 2.52. The van der Waals surface area contributed by atoms with Crippen molar-refractivity contribution in [3.63, 3.8) is 0 Å². The first kappa shape index (κ1) is 23.6. The fourth-order valence-corrected chi connectivity index (χ4v) is 5.06. The van der Waals surface area contributed by atoms with Crippen molar-refractivity contribution in [1.82, 2.24) is 4.57 Å². The summed E-state index contributed by atoms with van der Waals surface area (Å²) < 4.78 is 60.3. The lowest BCUT2D eigenvalue weighted by molar-refractivity contribution is -0.0332. The van der Waals surface area contributed by atoms with Crippen molar-refractivity contribution >= 4 is 40.7 Å². The highest BCUT2D eigenvalue weighted by atomic mass is 35.5. The van der Waals surface area contributed by atoms with Crippen LogP contribution < -0.4 is 21.8 Å². The highest BCUT2D eigenvalue weighted by Gasteiger charge is 2.61. The summed E-state index contributed by atoms with van der Waals surface area (Å²) in [7, 11) is 0. The Labute approximate surface area is 191 Å². The van der Waals surface area contributed by atoms with Crippen LogP contribution in [0.4, 0.5) is 28.9 Å². The van der Waals surface area contributed by atoms with Crippen LogP contribution in [0.25, 0.3) is 10.9 Å². The smallest absolute Gasteiger partial charge is 0.341 e. The number of rotatable bonds is 4. The third-order valence-electron chi connectivity index (χ3n) is 7.08. The Hall–Kier alpha value is -2.53. The third-order valence-corrected chi connectivity index (χ3v) is 7.08. The average molecular weight is 491 g/mol. The number of carboxylic acid groups (broad SMARTS) is 1. The number of nitrogen functional groups attached to an aromatic ring is 1. The largest absolute Gasteiger partial charge is 0.477 e. The molecule has 1 saturated heterocycles. The summed E-state index contributed by atoms with van der Waals surface area (Å²) in [5, 5.41) is 9.01. The van der Waals surface area contributed by atoms with E-state index >= 15 is 4.39 Å². The molecule has 2 aliphatic carbocycles. The van der Waals surface area contributed by atoms with Crippen LogP contribution in [0.2, 0.25) is 0 Å². The third kappa shape index (κ3) is 3.35. The molecule has 0 unspecified atom stereocenters. The minimum Gasteiger partial charge on any atom is -0.477 e. The number of anilines is 2. The van der Waals surface area contributed by atoms with E-state index in [1.807, 2.05) is 0 Å². The summed E-state index contributed by atoms with van der Waals surface area (Å²) >= 11 is 0. The Kier molecular flexibility index (Phi) is 5.18. The van der Waals surface area contributed by atoms with Gasteiger partial charge in [0.15, 0.2) is 5.82 Å². The Morgan fingerprint density at radius 1 is 1.30 bits per heavy atom. The van der Waals surface area contributed by atoms with Gasteiger partial charge in [0.2, 0.25) is 5.43 Å². The number of aromatic carboxylic acids is 1. The number of aryl methyl sites for hydroxylation is 1. The second-order valence-electron chi connectivity index (χ2n) is 9.26. The van der Waals surface area contributed by atoms with Crippen LogP contribution in [0, 0.1) is 18.7 Å². The van der Waals surface area contributed by atoms with Crippen molar-refractivity contribution in [3.8, 4) is 0 Å². The molecule has 33 heavy (non-hydrogen) atoms. The van der Waals surface area contributed by atoms with Crippen molar-refractivity contribution in [3.05, 3.63) is 33.4 Å². The number of aromatic nitrogens is 1. The molecule has 1 aliphatic heterocycles. The van der Waals surface area contributed by atoms with Crippen LogP contribution in [0.3, 0.4) is 0 Å². The van der Waals surface area contributed by atoms with E-state index in [0.29, 0.717) is 12.8 Å². The number of nitrogens with zero attached hydrogens (tertiary/aromatic N) is 2. The fraction of sp³-hybridized carbons (Fsp3) is 0.524. The molecule has 5 rings (SSSR count). The fourth-order valence-electron chi connectivity index (χ4n) is 5.06. The number of hydrogen-bond donors (Lipinski definition) is 3. The molecule has 3 fully saturated rings. The van der Waals surface area contributed by atoms with E-state index < -0.39 is 64.6 Å². The first-order valence-electron chi connectivity index (χ1n) is 10.3. The van der Waals surface area contributed by atoms with Crippen molar-refractivity contribution in [2.45, 2.75) is 49.9 Å². The van der Waals surface area contributed by atoms with Gasteiger partial charge in [-0.1, -0.05) is 0 Å². The van der Waals surface area contributed by atoms with Gasteiger partial charge in [-0.25, -0.2) is 22.4 Å². The summed E-state index contributed by atoms with van der Waals surface area (Å²) in [6, 6.07) is -0.751. The molecule has 7 nitrogen and oxygen atoms in total. The molecule has 2 heterocycles. The number of fused-ring (bicyclic) bond motifs is 1. The normalized spacial score (nSPS) is 26.8. The summed E-state index contributed by atoms with van der Waals surface area (Å²) in [4.78, 5) is 25.6. The molecule has 1 aromatic carbocycles. The quantitative estimate of drug-likeness (QED) is 0.448. The number of hydrogen-bond acceptors (Lipinski definition) is 5. The molecule has 12 heteroatoms. The van der Waals surface area contributed by atoms with Gasteiger partial charge in [0, 0.05) is 24.7 Å². The van der Waals surface area contributed by atoms with Crippen LogP contribution in [-0.4, -0.2) is 46.4 Å². The average Bonchev–Trinajstić information content (AvgIpc) is 3.59. The number of nitrogens with two attached hydrogens (primary N) is 2. The van der Waals surface area contributed by atoms with Crippen LogP contribution in [0.15, 0.2) is 11.0 Å². The number of carboxylic acids is 1. The Balaban J connectivity index is 0.00000259. The number of halogens is 5. The number of carbonyl (C=O) groups is 1. The number of pyridine rings is 1. The maximum absolute atomic E-state index is 15.5. The Morgan fingerprint density at radius 2 is 1.91 bits per heavy atom. The molecule has 3 aliphatic rings. The van der Waals surface area contributed by atoms with Gasteiger partial charge in [-0.3, -0.25) is 4.79 Å². The monoisotopic (exact) mass is 490 g/mol. The lowest BCUT2D eigenvalue weighted by Crippen LogP contribution is -2.43. The van der Waals surface area contributed by atoms with Gasteiger partial charge >= 0.3 is 5.97 Å². The van der Waals surface area contributed by atoms with Crippen LogP contribution in [0.1, 0.15) is 41.2 Å². The second kappa shape index (κ2) is 7.23. The number of benzene rings is 1. The zero-order chi connectivity index (χ0) is 23.3. The minimum atomic E-state index is -3.15. The highest BCUT2D eigenvalue weighted by molar-refractivity contribution is 6.01. The lowest BCUT2D eigenvalue weighted by Gasteiger charge is -2.25. The zero-order valence-electron chi connectivity index (χ0n) is 17.6. The van der Waals surface area contributed by atoms with Gasteiger partial charge in [0.1, 0.15) is 11.7 Å². The van der Waals surface area contributed by atoms with Gasteiger partial charge < -0.3 is 26.0 Å². The maximum Gasteiger partial charge on any atom is 0.341 e. The lowest BCUT2D eigenvalue weighted by atomic mass is 9.94. The van der Waals surface area contributed by atoms with Gasteiger partial charge in [-0.2, -0.15) is 0 Å². The molecule has 0 radical (unpaired) electrons. The topological polar surface area (TPSA) is 115 Å². The molecular formula is C21H23ClF4N4O3. The van der Waals surface area contributed by atoms with Gasteiger partial charge in [0.05, 0.1) is 40.8 Å². The molecule has 3 atom stereocenters. The molecule has 0 bridgehead atoms. The zero-order valence-corrected chi connectivity index (χ0v) is 18.4. The van der Waals surface area contributed by atoms with Crippen molar-refractivity contribution in [1.29, 1.82) is 0 Å². The van der Waals surface area contributed by atoms with E-state index in [1.165, 1.54) is 16.4 Å².